The van der Waals surface area contributed by atoms with Gasteiger partial charge in [-0.2, -0.15) is 0 Å². The number of anilines is 1. The van der Waals surface area contributed by atoms with Crippen LogP contribution < -0.4 is 10.2 Å². The standard InChI is InChI=1S/C20H20N4O2/c1-3-13-21-19(25)18-22-17(16-12-8-9-14-24(16)18)20(26)23(4-2)15-10-6-5-7-11-15/h3,5-12,14H,1,4,13H2,2H3,(H,21,25). The Kier molecular flexibility index (Phi) is 5.12. The molecule has 0 bridgehead atoms. The van der Waals surface area contributed by atoms with Gasteiger partial charge in [0.1, 0.15) is 0 Å². The lowest BCUT2D eigenvalue weighted by Gasteiger charge is -2.20. The van der Waals surface area contributed by atoms with E-state index in [2.05, 4.69) is 16.9 Å². The molecule has 0 saturated heterocycles. The molecule has 2 aromatic heterocycles. The summed E-state index contributed by atoms with van der Waals surface area (Å²) in [5.74, 6) is -0.423. The van der Waals surface area contributed by atoms with Crippen molar-refractivity contribution in [2.24, 2.45) is 0 Å². The Morgan fingerprint density at radius 1 is 1.19 bits per heavy atom. The zero-order chi connectivity index (χ0) is 18.5. The molecule has 1 N–H and O–H groups in total. The lowest BCUT2D eigenvalue weighted by Crippen LogP contribution is -2.31. The first-order chi connectivity index (χ1) is 12.7. The molecule has 0 aliphatic rings. The zero-order valence-corrected chi connectivity index (χ0v) is 14.6. The number of fused-ring (bicyclic) bond motifs is 1. The summed E-state index contributed by atoms with van der Waals surface area (Å²) in [4.78, 5) is 31.5. The molecule has 0 unspecified atom stereocenters. The van der Waals surface area contributed by atoms with Gasteiger partial charge in [0, 0.05) is 25.0 Å². The second kappa shape index (κ2) is 7.65. The fourth-order valence-electron chi connectivity index (χ4n) is 2.78. The molecule has 0 spiro atoms. The van der Waals surface area contributed by atoms with Crippen LogP contribution in [0.4, 0.5) is 5.69 Å². The number of nitrogens with zero attached hydrogens (tertiary/aromatic N) is 3. The van der Waals surface area contributed by atoms with Gasteiger partial charge in [-0.15, -0.1) is 6.58 Å². The van der Waals surface area contributed by atoms with E-state index in [1.807, 2.05) is 43.3 Å². The average molecular weight is 348 g/mol. The minimum absolute atomic E-state index is 0.176. The largest absolute Gasteiger partial charge is 0.346 e. The van der Waals surface area contributed by atoms with Crippen LogP contribution >= 0.6 is 0 Å². The van der Waals surface area contributed by atoms with Gasteiger partial charge in [0.2, 0.25) is 5.82 Å². The van der Waals surface area contributed by atoms with Crippen molar-refractivity contribution >= 4 is 23.0 Å². The van der Waals surface area contributed by atoms with Crippen molar-refractivity contribution in [1.29, 1.82) is 0 Å². The highest BCUT2D eigenvalue weighted by molar-refractivity contribution is 6.10. The third kappa shape index (κ3) is 3.21. The number of pyridine rings is 1. The van der Waals surface area contributed by atoms with E-state index < -0.39 is 0 Å². The second-order valence-electron chi connectivity index (χ2n) is 5.62. The first kappa shape index (κ1) is 17.4. The number of imidazole rings is 1. The van der Waals surface area contributed by atoms with Crippen molar-refractivity contribution in [3.8, 4) is 0 Å². The van der Waals surface area contributed by atoms with E-state index in [1.54, 1.807) is 33.7 Å². The molecule has 2 heterocycles. The molecule has 6 nitrogen and oxygen atoms in total. The SMILES string of the molecule is C=CCNC(=O)c1nc(C(=O)N(CC)c2ccccc2)c2ccccn12. The summed E-state index contributed by atoms with van der Waals surface area (Å²) >= 11 is 0. The molecule has 3 aromatic rings. The summed E-state index contributed by atoms with van der Waals surface area (Å²) in [5, 5.41) is 2.70. The number of aromatic nitrogens is 2. The molecule has 0 atom stereocenters. The molecule has 0 fully saturated rings. The van der Waals surface area contributed by atoms with Gasteiger partial charge in [-0.05, 0) is 31.2 Å². The molecule has 0 aliphatic carbocycles. The van der Waals surface area contributed by atoms with Crippen LogP contribution in [-0.4, -0.2) is 34.3 Å². The molecule has 0 radical (unpaired) electrons. The predicted molar refractivity (Wildman–Crippen MR) is 102 cm³/mol. The average Bonchev–Trinajstić information content (AvgIpc) is 3.07. The van der Waals surface area contributed by atoms with Crippen LogP contribution in [-0.2, 0) is 0 Å². The maximum atomic E-state index is 13.1. The fourth-order valence-corrected chi connectivity index (χ4v) is 2.78. The fraction of sp³-hybridized carbons (Fsp3) is 0.150. The Bertz CT molecular complexity index is 947. The topological polar surface area (TPSA) is 66.7 Å². The number of rotatable bonds is 6. The molecule has 0 aliphatic heterocycles. The first-order valence-electron chi connectivity index (χ1n) is 8.40. The highest BCUT2D eigenvalue weighted by Crippen LogP contribution is 2.20. The van der Waals surface area contributed by atoms with Gasteiger partial charge in [-0.25, -0.2) is 4.98 Å². The van der Waals surface area contributed by atoms with Crippen molar-refractivity contribution in [2.75, 3.05) is 18.0 Å². The summed E-state index contributed by atoms with van der Waals surface area (Å²) in [7, 11) is 0. The number of benzene rings is 1. The van der Waals surface area contributed by atoms with Crippen molar-refractivity contribution in [1.82, 2.24) is 14.7 Å². The van der Waals surface area contributed by atoms with Gasteiger partial charge < -0.3 is 10.2 Å². The third-order valence-corrected chi connectivity index (χ3v) is 3.99. The molecule has 6 heteroatoms. The molecule has 3 rings (SSSR count). The van der Waals surface area contributed by atoms with Crippen molar-refractivity contribution in [2.45, 2.75) is 6.92 Å². The molecular weight excluding hydrogens is 328 g/mol. The van der Waals surface area contributed by atoms with E-state index in [-0.39, 0.29) is 23.3 Å². The smallest absolute Gasteiger partial charge is 0.287 e. The first-order valence-corrected chi connectivity index (χ1v) is 8.40. The van der Waals surface area contributed by atoms with Crippen LogP contribution in [0.25, 0.3) is 5.52 Å². The highest BCUT2D eigenvalue weighted by atomic mass is 16.2. The number of amides is 2. The maximum Gasteiger partial charge on any atom is 0.287 e. The van der Waals surface area contributed by atoms with Crippen molar-refractivity contribution in [3.63, 3.8) is 0 Å². The van der Waals surface area contributed by atoms with Gasteiger partial charge in [0.15, 0.2) is 5.69 Å². The maximum absolute atomic E-state index is 13.1. The normalized spacial score (nSPS) is 10.5. The number of nitrogens with one attached hydrogen (secondary N) is 1. The van der Waals surface area contributed by atoms with Gasteiger partial charge in [0.05, 0.1) is 5.52 Å². The van der Waals surface area contributed by atoms with Crippen LogP contribution in [0.3, 0.4) is 0 Å². The van der Waals surface area contributed by atoms with Crippen LogP contribution in [0, 0.1) is 0 Å². The summed E-state index contributed by atoms with van der Waals surface area (Å²) in [5.41, 5.74) is 1.63. The van der Waals surface area contributed by atoms with Gasteiger partial charge in [-0.1, -0.05) is 30.3 Å². The summed E-state index contributed by atoms with van der Waals surface area (Å²) in [6, 6.07) is 14.8. The minimum atomic E-state index is -0.354. The Labute approximate surface area is 151 Å². The monoisotopic (exact) mass is 348 g/mol. The molecule has 1 aromatic carbocycles. The van der Waals surface area contributed by atoms with Gasteiger partial charge in [-0.3, -0.25) is 14.0 Å². The Morgan fingerprint density at radius 2 is 1.92 bits per heavy atom. The van der Waals surface area contributed by atoms with E-state index in [9.17, 15) is 9.59 Å². The third-order valence-electron chi connectivity index (χ3n) is 3.99. The van der Waals surface area contributed by atoms with E-state index in [1.165, 1.54) is 0 Å². The van der Waals surface area contributed by atoms with E-state index in [0.717, 1.165) is 5.69 Å². The Hall–Kier alpha value is -3.41. The van der Waals surface area contributed by atoms with Crippen LogP contribution in [0.1, 0.15) is 28.0 Å². The Morgan fingerprint density at radius 3 is 2.62 bits per heavy atom. The van der Waals surface area contributed by atoms with E-state index >= 15 is 0 Å². The van der Waals surface area contributed by atoms with Crippen LogP contribution in [0.5, 0.6) is 0 Å². The number of carbonyl (C=O) groups is 2. The summed E-state index contributed by atoms with van der Waals surface area (Å²) in [6.45, 7) is 6.31. The van der Waals surface area contributed by atoms with Crippen LogP contribution in [0.15, 0.2) is 67.4 Å². The quantitative estimate of drug-likeness (QED) is 0.697. The predicted octanol–water partition coefficient (Wildman–Crippen LogP) is 2.92. The number of carbonyl (C=O) groups excluding carboxylic acids is 2. The molecular formula is C20H20N4O2. The second-order valence-corrected chi connectivity index (χ2v) is 5.62. The van der Waals surface area contributed by atoms with Crippen molar-refractivity contribution < 1.29 is 9.59 Å². The summed E-state index contributed by atoms with van der Waals surface area (Å²) < 4.78 is 1.63. The molecule has 2 amide bonds. The molecule has 132 valence electrons. The minimum Gasteiger partial charge on any atom is -0.346 e. The molecule has 26 heavy (non-hydrogen) atoms. The lowest BCUT2D eigenvalue weighted by atomic mass is 10.2. The zero-order valence-electron chi connectivity index (χ0n) is 14.6. The van der Waals surface area contributed by atoms with E-state index in [4.69, 9.17) is 0 Å². The van der Waals surface area contributed by atoms with Gasteiger partial charge in [0.25, 0.3) is 11.8 Å². The number of para-hydroxylation sites is 1. The summed E-state index contributed by atoms with van der Waals surface area (Å²) in [6.07, 6.45) is 3.31. The van der Waals surface area contributed by atoms with Gasteiger partial charge >= 0.3 is 0 Å². The Balaban J connectivity index is 2.05. The lowest BCUT2D eigenvalue weighted by molar-refractivity contribution is 0.0947. The van der Waals surface area contributed by atoms with E-state index in [0.29, 0.717) is 18.6 Å². The van der Waals surface area contributed by atoms with Crippen molar-refractivity contribution in [3.05, 3.63) is 78.9 Å². The van der Waals surface area contributed by atoms with Crippen LogP contribution in [0.2, 0.25) is 0 Å². The number of hydrogen-bond acceptors (Lipinski definition) is 3. The highest BCUT2D eigenvalue weighted by Gasteiger charge is 2.25. The molecule has 0 saturated carbocycles. The number of hydrogen-bond donors (Lipinski definition) is 1.